The maximum Gasteiger partial charge on any atom is 0.160 e. The summed E-state index contributed by atoms with van der Waals surface area (Å²) < 4.78 is 5.04. The standard InChI is InChI=1S/C15H23NO2/c1-11-4-3-5-13(8-11)16-10-12-6-7-15(18-2)14(17)9-12/h6-7,9,11,13,16-17H,3-5,8,10H2,1-2H3. The number of rotatable bonds is 4. The van der Waals surface area contributed by atoms with Crippen molar-refractivity contribution >= 4 is 0 Å². The molecule has 2 N–H and O–H groups in total. The van der Waals surface area contributed by atoms with Gasteiger partial charge in [-0.1, -0.05) is 25.8 Å². The van der Waals surface area contributed by atoms with E-state index in [2.05, 4.69) is 12.2 Å². The maximum absolute atomic E-state index is 9.72. The Kier molecular flexibility index (Phi) is 4.48. The molecule has 0 amide bonds. The number of benzene rings is 1. The normalized spacial score (nSPS) is 23.9. The number of hydrogen-bond acceptors (Lipinski definition) is 3. The van der Waals surface area contributed by atoms with Crippen molar-refractivity contribution in [2.45, 2.75) is 45.2 Å². The lowest BCUT2D eigenvalue weighted by molar-refractivity contribution is 0.300. The van der Waals surface area contributed by atoms with Crippen LogP contribution in [0.5, 0.6) is 11.5 Å². The molecule has 0 radical (unpaired) electrons. The Bertz CT molecular complexity index is 392. The molecule has 100 valence electrons. The van der Waals surface area contributed by atoms with Crippen molar-refractivity contribution in [3.8, 4) is 11.5 Å². The van der Waals surface area contributed by atoms with Crippen LogP contribution in [0.4, 0.5) is 0 Å². The number of phenolic OH excluding ortho intramolecular Hbond substituents is 1. The Morgan fingerprint density at radius 3 is 2.89 bits per heavy atom. The molecule has 1 aliphatic carbocycles. The number of methoxy groups -OCH3 is 1. The van der Waals surface area contributed by atoms with E-state index in [9.17, 15) is 5.11 Å². The summed E-state index contributed by atoms with van der Waals surface area (Å²) in [6.45, 7) is 3.14. The van der Waals surface area contributed by atoms with E-state index in [0.717, 1.165) is 18.0 Å². The van der Waals surface area contributed by atoms with Gasteiger partial charge in [-0.05, 0) is 36.5 Å². The molecule has 2 atom stereocenters. The minimum atomic E-state index is 0.216. The van der Waals surface area contributed by atoms with Crippen molar-refractivity contribution in [1.82, 2.24) is 5.32 Å². The van der Waals surface area contributed by atoms with E-state index >= 15 is 0 Å². The minimum Gasteiger partial charge on any atom is -0.504 e. The highest BCUT2D eigenvalue weighted by Crippen LogP contribution is 2.27. The highest BCUT2D eigenvalue weighted by atomic mass is 16.5. The number of phenols is 1. The minimum absolute atomic E-state index is 0.216. The number of aromatic hydroxyl groups is 1. The molecule has 1 aromatic carbocycles. The van der Waals surface area contributed by atoms with Crippen LogP contribution in [0.2, 0.25) is 0 Å². The molecule has 0 aliphatic heterocycles. The molecule has 18 heavy (non-hydrogen) atoms. The van der Waals surface area contributed by atoms with Crippen molar-refractivity contribution < 1.29 is 9.84 Å². The van der Waals surface area contributed by atoms with E-state index < -0.39 is 0 Å². The number of hydrogen-bond donors (Lipinski definition) is 2. The van der Waals surface area contributed by atoms with E-state index in [1.807, 2.05) is 12.1 Å². The van der Waals surface area contributed by atoms with Gasteiger partial charge in [0.05, 0.1) is 7.11 Å². The van der Waals surface area contributed by atoms with E-state index in [1.54, 1.807) is 13.2 Å². The molecular weight excluding hydrogens is 226 g/mol. The fraction of sp³-hybridized carbons (Fsp3) is 0.600. The van der Waals surface area contributed by atoms with Crippen molar-refractivity contribution in [3.63, 3.8) is 0 Å². The third-order valence-corrected chi connectivity index (χ3v) is 3.77. The van der Waals surface area contributed by atoms with Gasteiger partial charge in [0.2, 0.25) is 0 Å². The van der Waals surface area contributed by atoms with Crippen LogP contribution in [0.1, 0.15) is 38.2 Å². The van der Waals surface area contributed by atoms with Crippen LogP contribution in [0.25, 0.3) is 0 Å². The SMILES string of the molecule is COc1ccc(CNC2CCCC(C)C2)cc1O. The molecule has 3 heteroatoms. The Labute approximate surface area is 109 Å². The van der Waals surface area contributed by atoms with Gasteiger partial charge in [-0.3, -0.25) is 0 Å². The first-order valence-electron chi connectivity index (χ1n) is 6.78. The Morgan fingerprint density at radius 2 is 2.22 bits per heavy atom. The van der Waals surface area contributed by atoms with Gasteiger partial charge < -0.3 is 15.2 Å². The molecule has 1 fully saturated rings. The Morgan fingerprint density at radius 1 is 1.39 bits per heavy atom. The van der Waals surface area contributed by atoms with Crippen LogP contribution >= 0.6 is 0 Å². The fourth-order valence-electron chi connectivity index (χ4n) is 2.73. The third-order valence-electron chi connectivity index (χ3n) is 3.77. The van der Waals surface area contributed by atoms with Crippen LogP contribution in [0.3, 0.4) is 0 Å². The van der Waals surface area contributed by atoms with Gasteiger partial charge in [-0.25, -0.2) is 0 Å². The summed E-state index contributed by atoms with van der Waals surface area (Å²) in [7, 11) is 1.57. The molecule has 0 bridgehead atoms. The predicted molar refractivity (Wildman–Crippen MR) is 72.9 cm³/mol. The first kappa shape index (κ1) is 13.2. The van der Waals surface area contributed by atoms with Crippen molar-refractivity contribution in [3.05, 3.63) is 23.8 Å². The van der Waals surface area contributed by atoms with Gasteiger partial charge in [0.1, 0.15) is 0 Å². The van der Waals surface area contributed by atoms with Crippen molar-refractivity contribution in [2.75, 3.05) is 7.11 Å². The molecule has 0 aromatic heterocycles. The summed E-state index contributed by atoms with van der Waals surface area (Å²) in [4.78, 5) is 0. The fourth-order valence-corrected chi connectivity index (χ4v) is 2.73. The van der Waals surface area contributed by atoms with Gasteiger partial charge in [-0.15, -0.1) is 0 Å². The molecule has 2 unspecified atom stereocenters. The molecule has 0 heterocycles. The zero-order valence-electron chi connectivity index (χ0n) is 11.3. The first-order valence-corrected chi connectivity index (χ1v) is 6.78. The lowest BCUT2D eigenvalue weighted by atomic mass is 9.87. The van der Waals surface area contributed by atoms with E-state index in [-0.39, 0.29) is 5.75 Å². The maximum atomic E-state index is 9.72. The summed E-state index contributed by atoms with van der Waals surface area (Å²) in [5.74, 6) is 1.58. The summed E-state index contributed by atoms with van der Waals surface area (Å²) in [6.07, 6.45) is 5.23. The quantitative estimate of drug-likeness (QED) is 0.861. The molecule has 1 aromatic rings. The van der Waals surface area contributed by atoms with Gasteiger partial charge >= 0.3 is 0 Å². The van der Waals surface area contributed by atoms with Gasteiger partial charge in [0.25, 0.3) is 0 Å². The highest BCUT2D eigenvalue weighted by Gasteiger charge is 2.18. The smallest absolute Gasteiger partial charge is 0.160 e. The summed E-state index contributed by atoms with van der Waals surface area (Å²) in [5, 5.41) is 13.3. The monoisotopic (exact) mass is 249 g/mol. The van der Waals surface area contributed by atoms with E-state index in [0.29, 0.717) is 11.8 Å². The zero-order chi connectivity index (χ0) is 13.0. The Balaban J connectivity index is 1.88. The highest BCUT2D eigenvalue weighted by molar-refractivity contribution is 5.41. The second kappa shape index (κ2) is 6.10. The van der Waals surface area contributed by atoms with Crippen LogP contribution in [0.15, 0.2) is 18.2 Å². The average molecular weight is 249 g/mol. The van der Waals surface area contributed by atoms with Crippen LogP contribution in [-0.2, 0) is 6.54 Å². The summed E-state index contributed by atoms with van der Waals surface area (Å²) >= 11 is 0. The molecular formula is C15H23NO2. The average Bonchev–Trinajstić information content (AvgIpc) is 2.37. The van der Waals surface area contributed by atoms with Crippen LogP contribution in [0, 0.1) is 5.92 Å². The topological polar surface area (TPSA) is 41.5 Å². The molecule has 2 rings (SSSR count). The van der Waals surface area contributed by atoms with E-state index in [4.69, 9.17) is 4.74 Å². The van der Waals surface area contributed by atoms with Gasteiger partial charge in [0, 0.05) is 12.6 Å². The van der Waals surface area contributed by atoms with E-state index in [1.165, 1.54) is 25.7 Å². The summed E-state index contributed by atoms with van der Waals surface area (Å²) in [6, 6.07) is 6.21. The largest absolute Gasteiger partial charge is 0.504 e. The lowest BCUT2D eigenvalue weighted by Crippen LogP contribution is -2.33. The molecule has 3 nitrogen and oxygen atoms in total. The Hall–Kier alpha value is -1.22. The molecule has 0 saturated heterocycles. The van der Waals surface area contributed by atoms with Gasteiger partial charge in [-0.2, -0.15) is 0 Å². The molecule has 1 aliphatic rings. The second-order valence-corrected chi connectivity index (χ2v) is 5.36. The van der Waals surface area contributed by atoms with Crippen molar-refractivity contribution in [1.29, 1.82) is 0 Å². The number of ether oxygens (including phenoxy) is 1. The van der Waals surface area contributed by atoms with Crippen LogP contribution < -0.4 is 10.1 Å². The first-order chi connectivity index (χ1) is 8.69. The van der Waals surface area contributed by atoms with Crippen LogP contribution in [-0.4, -0.2) is 18.3 Å². The zero-order valence-corrected chi connectivity index (χ0v) is 11.3. The summed E-state index contributed by atoms with van der Waals surface area (Å²) in [5.41, 5.74) is 1.10. The molecule has 1 saturated carbocycles. The van der Waals surface area contributed by atoms with Crippen molar-refractivity contribution in [2.24, 2.45) is 5.92 Å². The number of nitrogens with one attached hydrogen (secondary N) is 1. The van der Waals surface area contributed by atoms with Gasteiger partial charge in [0.15, 0.2) is 11.5 Å². The lowest BCUT2D eigenvalue weighted by Gasteiger charge is -2.27. The predicted octanol–water partition coefficient (Wildman–Crippen LogP) is 3.07. The third kappa shape index (κ3) is 3.39. The second-order valence-electron chi connectivity index (χ2n) is 5.36. The molecule has 0 spiro atoms.